The Morgan fingerprint density at radius 2 is 1.76 bits per heavy atom. The molecule has 4 nitrogen and oxygen atoms in total. The van der Waals surface area contributed by atoms with E-state index in [0.29, 0.717) is 22.6 Å². The standard InChI is InChI=1S/C27H37Cl2NO3S/c1-7-23(16-32-18-34(5,6)27(2,3)4)30-24(31)17-33-26(20-9-8-10-22(29)15-20)25(30)19-11-13-21(28)14-12-19/h8-15,23,25-26H,7,16-18H2,1-6H3/t23-,25+,26+/m0/s1. The zero-order valence-electron chi connectivity index (χ0n) is 21.0. The molecule has 34 heavy (non-hydrogen) atoms. The van der Waals surface area contributed by atoms with E-state index in [0.717, 1.165) is 17.5 Å². The monoisotopic (exact) mass is 525 g/mol. The number of ether oxygens (including phenoxy) is 2. The highest BCUT2D eigenvalue weighted by Gasteiger charge is 2.42. The first-order chi connectivity index (χ1) is 15.9. The SMILES string of the molecule is CC[C@@H](COCS(C)(C)C(C)(C)C)N1C(=O)CO[C@H](c2cccc(Cl)c2)[C@H]1c1ccc(Cl)cc1. The smallest absolute Gasteiger partial charge is 0.249 e. The number of halogens is 2. The van der Waals surface area contributed by atoms with Crippen molar-refractivity contribution in [1.29, 1.82) is 0 Å². The van der Waals surface area contributed by atoms with Crippen molar-refractivity contribution < 1.29 is 14.3 Å². The Kier molecular flexibility index (Phi) is 9.02. The van der Waals surface area contributed by atoms with Crippen LogP contribution >= 0.6 is 33.2 Å². The number of hydrogen-bond donors (Lipinski definition) is 0. The van der Waals surface area contributed by atoms with Gasteiger partial charge in [-0.1, -0.05) is 75.2 Å². The maximum atomic E-state index is 13.3. The molecular formula is C27H37Cl2NO3S. The molecule has 0 radical (unpaired) electrons. The van der Waals surface area contributed by atoms with E-state index in [4.69, 9.17) is 32.7 Å². The highest BCUT2D eigenvalue weighted by atomic mass is 35.5. The van der Waals surface area contributed by atoms with Crippen molar-refractivity contribution in [2.45, 2.75) is 57.1 Å². The molecule has 7 heteroatoms. The van der Waals surface area contributed by atoms with Crippen molar-refractivity contribution in [3.63, 3.8) is 0 Å². The second-order valence-corrected chi connectivity index (χ2v) is 15.7. The highest BCUT2D eigenvalue weighted by Crippen LogP contribution is 2.52. The van der Waals surface area contributed by atoms with Crippen molar-refractivity contribution >= 4 is 39.1 Å². The Morgan fingerprint density at radius 3 is 2.35 bits per heavy atom. The molecule has 1 fully saturated rings. The molecular weight excluding hydrogens is 489 g/mol. The summed E-state index contributed by atoms with van der Waals surface area (Å²) in [4.78, 5) is 15.3. The molecule has 1 saturated heterocycles. The predicted molar refractivity (Wildman–Crippen MR) is 145 cm³/mol. The number of nitrogens with zero attached hydrogens (tertiary/aromatic N) is 1. The molecule has 1 amide bonds. The molecule has 1 heterocycles. The summed E-state index contributed by atoms with van der Waals surface area (Å²) in [5, 5.41) is 1.29. The molecule has 0 unspecified atom stereocenters. The molecule has 188 valence electrons. The molecule has 0 bridgehead atoms. The average molecular weight is 527 g/mol. The fourth-order valence-electron chi connectivity index (χ4n) is 3.98. The van der Waals surface area contributed by atoms with Crippen LogP contribution in [-0.4, -0.2) is 53.3 Å². The van der Waals surface area contributed by atoms with Crippen LogP contribution in [0.25, 0.3) is 0 Å². The summed E-state index contributed by atoms with van der Waals surface area (Å²) in [7, 11) is -0.955. The lowest BCUT2D eigenvalue weighted by Gasteiger charge is -2.47. The largest absolute Gasteiger partial charge is 0.370 e. The Balaban J connectivity index is 1.93. The first-order valence-electron chi connectivity index (χ1n) is 11.7. The van der Waals surface area contributed by atoms with E-state index in [9.17, 15) is 4.79 Å². The van der Waals surface area contributed by atoms with Crippen LogP contribution in [0.4, 0.5) is 0 Å². The third kappa shape index (κ3) is 6.30. The fourth-order valence-corrected chi connectivity index (χ4v) is 5.17. The van der Waals surface area contributed by atoms with E-state index in [1.54, 1.807) is 0 Å². The first-order valence-corrected chi connectivity index (χ1v) is 15.0. The van der Waals surface area contributed by atoms with Gasteiger partial charge in [-0.3, -0.25) is 4.79 Å². The summed E-state index contributed by atoms with van der Waals surface area (Å²) in [6, 6.07) is 14.9. The molecule has 0 aromatic heterocycles. The lowest BCUT2D eigenvalue weighted by Crippen LogP contribution is -2.52. The molecule has 2 aromatic carbocycles. The molecule has 3 atom stereocenters. The normalized spacial score (nSPS) is 20.9. The lowest BCUT2D eigenvalue weighted by atomic mass is 9.91. The maximum absolute atomic E-state index is 13.3. The van der Waals surface area contributed by atoms with Crippen LogP contribution < -0.4 is 0 Å². The summed E-state index contributed by atoms with van der Waals surface area (Å²) >= 11 is 12.5. The van der Waals surface area contributed by atoms with Gasteiger partial charge in [-0.05, 0) is 59.1 Å². The van der Waals surface area contributed by atoms with Crippen LogP contribution in [0, 0.1) is 0 Å². The summed E-state index contributed by atoms with van der Waals surface area (Å²) in [6.07, 6.45) is 5.05. The minimum absolute atomic E-state index is 0.0243. The Labute approximate surface area is 216 Å². The van der Waals surface area contributed by atoms with Crippen molar-refractivity contribution in [2.75, 3.05) is 31.7 Å². The number of hydrogen-bond acceptors (Lipinski definition) is 3. The molecule has 1 aliphatic rings. The number of rotatable bonds is 8. The summed E-state index contributed by atoms with van der Waals surface area (Å²) in [5.74, 6) is 0.672. The Bertz CT molecular complexity index is 975. The lowest BCUT2D eigenvalue weighted by molar-refractivity contribution is -0.165. The van der Waals surface area contributed by atoms with Crippen LogP contribution in [-0.2, 0) is 14.3 Å². The van der Waals surface area contributed by atoms with E-state index in [-0.39, 0.29) is 35.4 Å². The van der Waals surface area contributed by atoms with Gasteiger partial charge in [0.2, 0.25) is 5.91 Å². The van der Waals surface area contributed by atoms with Crippen LogP contribution in [0.15, 0.2) is 48.5 Å². The zero-order chi connectivity index (χ0) is 25.1. The molecule has 0 saturated carbocycles. The summed E-state index contributed by atoms with van der Waals surface area (Å²) in [5.41, 5.74) is 1.92. The highest BCUT2D eigenvalue weighted by molar-refractivity contribution is 8.33. The molecule has 1 aliphatic heterocycles. The van der Waals surface area contributed by atoms with Crippen molar-refractivity contribution in [3.05, 3.63) is 69.7 Å². The fraction of sp³-hybridized carbons (Fsp3) is 0.519. The van der Waals surface area contributed by atoms with Gasteiger partial charge in [0.05, 0.1) is 24.6 Å². The second-order valence-electron chi connectivity index (χ2n) is 10.3. The van der Waals surface area contributed by atoms with E-state index in [2.05, 4.69) is 40.2 Å². The topological polar surface area (TPSA) is 38.8 Å². The Morgan fingerprint density at radius 1 is 1.09 bits per heavy atom. The minimum atomic E-state index is -0.955. The first kappa shape index (κ1) is 27.3. The maximum Gasteiger partial charge on any atom is 0.249 e. The zero-order valence-corrected chi connectivity index (χ0v) is 23.3. The third-order valence-electron chi connectivity index (χ3n) is 6.86. The van der Waals surface area contributed by atoms with Gasteiger partial charge in [0, 0.05) is 10.0 Å². The van der Waals surface area contributed by atoms with Gasteiger partial charge in [-0.2, -0.15) is 0 Å². The number of carbonyl (C=O) groups excluding carboxylic acids is 1. The average Bonchev–Trinajstić information content (AvgIpc) is 2.77. The van der Waals surface area contributed by atoms with E-state index in [1.165, 1.54) is 0 Å². The number of carbonyl (C=O) groups is 1. The molecule has 0 aliphatic carbocycles. The van der Waals surface area contributed by atoms with Gasteiger partial charge in [-0.25, -0.2) is 10.0 Å². The van der Waals surface area contributed by atoms with E-state index < -0.39 is 10.0 Å². The summed E-state index contributed by atoms with van der Waals surface area (Å²) in [6.45, 7) is 9.41. The summed E-state index contributed by atoms with van der Waals surface area (Å²) < 4.78 is 12.6. The van der Waals surface area contributed by atoms with Gasteiger partial charge < -0.3 is 14.4 Å². The van der Waals surface area contributed by atoms with Crippen molar-refractivity contribution in [1.82, 2.24) is 4.90 Å². The van der Waals surface area contributed by atoms with Gasteiger partial charge in [0.15, 0.2) is 0 Å². The van der Waals surface area contributed by atoms with Crippen LogP contribution in [0.5, 0.6) is 0 Å². The number of benzene rings is 2. The Hall–Kier alpha value is -1.24. The predicted octanol–water partition coefficient (Wildman–Crippen LogP) is 7.25. The van der Waals surface area contributed by atoms with Crippen LogP contribution in [0.2, 0.25) is 10.0 Å². The molecule has 0 N–H and O–H groups in total. The van der Waals surface area contributed by atoms with Gasteiger partial charge in [0.25, 0.3) is 0 Å². The van der Waals surface area contributed by atoms with E-state index >= 15 is 0 Å². The van der Waals surface area contributed by atoms with Crippen LogP contribution in [0.1, 0.15) is 57.4 Å². The third-order valence-corrected chi connectivity index (χ3v) is 11.4. The molecule has 2 aromatic rings. The number of morpholine rings is 1. The molecule has 3 rings (SSSR count). The van der Waals surface area contributed by atoms with Gasteiger partial charge in [-0.15, -0.1) is 0 Å². The van der Waals surface area contributed by atoms with Crippen molar-refractivity contribution in [2.24, 2.45) is 0 Å². The van der Waals surface area contributed by atoms with Crippen LogP contribution in [0.3, 0.4) is 0 Å². The number of amides is 1. The second kappa shape index (κ2) is 11.2. The minimum Gasteiger partial charge on any atom is -0.370 e. The quantitative estimate of drug-likeness (QED) is 0.364. The van der Waals surface area contributed by atoms with Gasteiger partial charge >= 0.3 is 0 Å². The van der Waals surface area contributed by atoms with E-state index in [1.807, 2.05) is 53.4 Å². The van der Waals surface area contributed by atoms with Crippen molar-refractivity contribution in [3.8, 4) is 0 Å². The van der Waals surface area contributed by atoms with Gasteiger partial charge in [0.1, 0.15) is 12.7 Å². The molecule has 0 spiro atoms.